The number of methoxy groups -OCH3 is 1. The largest absolute Gasteiger partial charge is 0.469 e. The lowest BCUT2D eigenvalue weighted by molar-refractivity contribution is -0.141. The lowest BCUT2D eigenvalue weighted by Crippen LogP contribution is -2.47. The van der Waals surface area contributed by atoms with E-state index in [0.717, 1.165) is 37.1 Å². The van der Waals surface area contributed by atoms with Crippen LogP contribution in [0.4, 0.5) is 11.8 Å². The molecule has 0 amide bonds. The van der Waals surface area contributed by atoms with Gasteiger partial charge in [-0.05, 0) is 31.1 Å². The number of esters is 1. The minimum atomic E-state index is -0.0814. The molecular formula is C20H30N4O2. The van der Waals surface area contributed by atoms with Gasteiger partial charge in [0.1, 0.15) is 5.82 Å². The summed E-state index contributed by atoms with van der Waals surface area (Å²) >= 11 is 0. The summed E-state index contributed by atoms with van der Waals surface area (Å²) in [7, 11) is 1.47. The summed E-state index contributed by atoms with van der Waals surface area (Å²) in [5, 5.41) is 0. The van der Waals surface area contributed by atoms with E-state index in [4.69, 9.17) is 14.7 Å². The summed E-state index contributed by atoms with van der Waals surface area (Å²) in [6, 6.07) is 2.68. The Morgan fingerprint density at radius 2 is 1.96 bits per heavy atom. The molecule has 142 valence electrons. The van der Waals surface area contributed by atoms with Crippen molar-refractivity contribution in [3.05, 3.63) is 11.8 Å². The molecule has 0 N–H and O–H groups in total. The van der Waals surface area contributed by atoms with Crippen molar-refractivity contribution in [1.29, 1.82) is 0 Å². The summed E-state index contributed by atoms with van der Waals surface area (Å²) in [6.07, 6.45) is 1.77. The fraction of sp³-hybridized carbons (Fsp3) is 0.750. The molecule has 3 aliphatic rings. The van der Waals surface area contributed by atoms with Crippen molar-refractivity contribution >= 4 is 17.7 Å². The van der Waals surface area contributed by atoms with Crippen molar-refractivity contribution in [2.45, 2.75) is 52.0 Å². The van der Waals surface area contributed by atoms with Crippen LogP contribution >= 0.6 is 0 Å². The quantitative estimate of drug-likeness (QED) is 0.771. The monoisotopic (exact) mass is 358 g/mol. The number of aromatic nitrogens is 2. The zero-order chi connectivity index (χ0) is 18.6. The van der Waals surface area contributed by atoms with Crippen LogP contribution in [-0.2, 0) is 14.9 Å². The Labute approximate surface area is 155 Å². The normalized spacial score (nSPS) is 30.0. The Morgan fingerprint density at radius 3 is 2.46 bits per heavy atom. The van der Waals surface area contributed by atoms with Crippen LogP contribution in [0.2, 0.25) is 0 Å². The maximum atomic E-state index is 11.5. The van der Waals surface area contributed by atoms with E-state index >= 15 is 0 Å². The Kier molecular flexibility index (Phi) is 4.12. The highest BCUT2D eigenvalue weighted by Gasteiger charge is 2.56. The van der Waals surface area contributed by atoms with Crippen LogP contribution in [0, 0.1) is 17.8 Å². The summed E-state index contributed by atoms with van der Waals surface area (Å²) in [4.78, 5) is 26.0. The first-order chi connectivity index (χ1) is 12.3. The van der Waals surface area contributed by atoms with Crippen molar-refractivity contribution < 1.29 is 9.53 Å². The molecule has 2 saturated heterocycles. The SMILES string of the molecule is COC(=O)CC1[C@H]2CN(c3cc(C(C)(C)C)nc(N4CC[C@@H]4C)n3)C[C@@H]12. The number of rotatable bonds is 4. The molecule has 0 aromatic carbocycles. The van der Waals surface area contributed by atoms with Gasteiger partial charge in [0.05, 0.1) is 12.8 Å². The lowest BCUT2D eigenvalue weighted by atomic mass is 9.92. The molecule has 6 heteroatoms. The third-order valence-electron chi connectivity index (χ3n) is 6.37. The maximum absolute atomic E-state index is 11.5. The van der Waals surface area contributed by atoms with Crippen LogP contribution in [-0.4, -0.2) is 48.7 Å². The fourth-order valence-corrected chi connectivity index (χ4v) is 4.33. The van der Waals surface area contributed by atoms with Gasteiger partial charge in [-0.3, -0.25) is 4.79 Å². The number of nitrogens with zero attached hydrogens (tertiary/aromatic N) is 4. The minimum Gasteiger partial charge on any atom is -0.469 e. The van der Waals surface area contributed by atoms with E-state index in [1.54, 1.807) is 0 Å². The Morgan fingerprint density at radius 1 is 1.27 bits per heavy atom. The smallest absolute Gasteiger partial charge is 0.305 e. The van der Waals surface area contributed by atoms with E-state index in [1.807, 2.05) is 0 Å². The second-order valence-electron chi connectivity index (χ2n) is 9.17. The predicted octanol–water partition coefficient (Wildman–Crippen LogP) is 2.62. The van der Waals surface area contributed by atoms with E-state index in [-0.39, 0.29) is 11.4 Å². The molecule has 3 heterocycles. The third kappa shape index (κ3) is 3.03. The molecule has 0 spiro atoms. The summed E-state index contributed by atoms with van der Waals surface area (Å²) < 4.78 is 4.82. The fourth-order valence-electron chi connectivity index (χ4n) is 4.33. The first-order valence-electron chi connectivity index (χ1n) is 9.76. The van der Waals surface area contributed by atoms with Crippen molar-refractivity contribution in [1.82, 2.24) is 9.97 Å². The first kappa shape index (κ1) is 17.6. The highest BCUT2D eigenvalue weighted by Crippen LogP contribution is 2.54. The average Bonchev–Trinajstić information content (AvgIpc) is 3.02. The number of hydrogen-bond donors (Lipinski definition) is 0. The number of carbonyl (C=O) groups excluding carboxylic acids is 1. The highest BCUT2D eigenvalue weighted by molar-refractivity contribution is 5.70. The molecule has 1 saturated carbocycles. The summed E-state index contributed by atoms with van der Waals surface area (Å²) in [6.45, 7) is 11.9. The van der Waals surface area contributed by atoms with Crippen molar-refractivity contribution in [2.75, 3.05) is 36.5 Å². The Bertz CT molecular complexity index is 702. The number of carbonyl (C=O) groups is 1. The van der Waals surface area contributed by atoms with Gasteiger partial charge in [-0.1, -0.05) is 20.8 Å². The van der Waals surface area contributed by atoms with Gasteiger partial charge in [0.15, 0.2) is 0 Å². The van der Waals surface area contributed by atoms with Crippen LogP contribution in [0.15, 0.2) is 6.07 Å². The standard InChI is InChI=1S/C20H30N4O2/c1-12-6-7-24(12)19-21-16(20(2,3)4)9-17(22-19)23-10-14-13(15(14)11-23)8-18(25)26-5/h9,12-15H,6-8,10-11H2,1-5H3/t12-,13?,14-,15+/m0/s1. The van der Waals surface area contributed by atoms with Gasteiger partial charge in [0.2, 0.25) is 5.95 Å². The van der Waals surface area contributed by atoms with Crippen LogP contribution in [0.1, 0.15) is 46.2 Å². The number of anilines is 2. The van der Waals surface area contributed by atoms with E-state index in [2.05, 4.69) is 43.6 Å². The molecule has 2 aliphatic heterocycles. The molecule has 6 nitrogen and oxygen atoms in total. The first-order valence-corrected chi connectivity index (χ1v) is 9.76. The number of hydrogen-bond acceptors (Lipinski definition) is 6. The van der Waals surface area contributed by atoms with Gasteiger partial charge >= 0.3 is 5.97 Å². The van der Waals surface area contributed by atoms with Gasteiger partial charge in [-0.2, -0.15) is 4.98 Å². The number of ether oxygens (including phenoxy) is 1. The van der Waals surface area contributed by atoms with Crippen molar-refractivity contribution in [3.63, 3.8) is 0 Å². The lowest BCUT2D eigenvalue weighted by Gasteiger charge is -2.39. The number of piperidine rings is 1. The van der Waals surface area contributed by atoms with Gasteiger partial charge < -0.3 is 14.5 Å². The van der Waals surface area contributed by atoms with E-state index in [1.165, 1.54) is 13.5 Å². The van der Waals surface area contributed by atoms with Crippen LogP contribution in [0.25, 0.3) is 0 Å². The second-order valence-corrected chi connectivity index (χ2v) is 9.17. The summed E-state index contributed by atoms with van der Waals surface area (Å²) in [5.41, 5.74) is 1.10. The van der Waals surface area contributed by atoms with Gasteiger partial charge in [0, 0.05) is 43.6 Å². The molecule has 4 atom stereocenters. The van der Waals surface area contributed by atoms with Gasteiger partial charge in [0.25, 0.3) is 0 Å². The molecule has 26 heavy (non-hydrogen) atoms. The highest BCUT2D eigenvalue weighted by atomic mass is 16.5. The topological polar surface area (TPSA) is 58.6 Å². The molecule has 0 radical (unpaired) electrons. The maximum Gasteiger partial charge on any atom is 0.305 e. The average molecular weight is 358 g/mol. The number of fused-ring (bicyclic) bond motifs is 1. The van der Waals surface area contributed by atoms with E-state index < -0.39 is 0 Å². The zero-order valence-electron chi connectivity index (χ0n) is 16.5. The van der Waals surface area contributed by atoms with E-state index in [0.29, 0.717) is 30.2 Å². The van der Waals surface area contributed by atoms with Gasteiger partial charge in [-0.25, -0.2) is 4.98 Å². The van der Waals surface area contributed by atoms with E-state index in [9.17, 15) is 4.79 Å². The van der Waals surface area contributed by atoms with Crippen molar-refractivity contribution in [2.24, 2.45) is 17.8 Å². The molecule has 1 aromatic rings. The molecule has 1 unspecified atom stereocenters. The van der Waals surface area contributed by atoms with Crippen LogP contribution in [0.3, 0.4) is 0 Å². The molecule has 1 aliphatic carbocycles. The molecule has 1 aromatic heterocycles. The minimum absolute atomic E-state index is 0.00336. The Balaban J connectivity index is 1.52. The van der Waals surface area contributed by atoms with Gasteiger partial charge in [-0.15, -0.1) is 0 Å². The zero-order valence-corrected chi connectivity index (χ0v) is 16.5. The van der Waals surface area contributed by atoms with Crippen LogP contribution < -0.4 is 9.80 Å². The second kappa shape index (κ2) is 6.10. The molecule has 4 rings (SSSR count). The molecular weight excluding hydrogens is 328 g/mol. The Hall–Kier alpha value is -1.85. The molecule has 3 fully saturated rings. The molecule has 0 bridgehead atoms. The third-order valence-corrected chi connectivity index (χ3v) is 6.37. The van der Waals surface area contributed by atoms with Crippen LogP contribution in [0.5, 0.6) is 0 Å². The predicted molar refractivity (Wildman–Crippen MR) is 101 cm³/mol. The summed E-state index contributed by atoms with van der Waals surface area (Å²) in [5.74, 6) is 3.54. The van der Waals surface area contributed by atoms with Crippen molar-refractivity contribution in [3.8, 4) is 0 Å².